The first-order valence-electron chi connectivity index (χ1n) is 6.48. The highest BCUT2D eigenvalue weighted by Crippen LogP contribution is 2.45. The van der Waals surface area contributed by atoms with Crippen LogP contribution in [0.5, 0.6) is 0 Å². The Morgan fingerprint density at radius 2 is 1.75 bits per heavy atom. The van der Waals surface area contributed by atoms with Crippen molar-refractivity contribution in [2.24, 2.45) is 0 Å². The summed E-state index contributed by atoms with van der Waals surface area (Å²) in [5.41, 5.74) is 0.720. The Morgan fingerprint density at radius 3 is 2.10 bits per heavy atom. The highest BCUT2D eigenvalue weighted by molar-refractivity contribution is 6.77. The summed E-state index contributed by atoms with van der Waals surface area (Å²) in [6.07, 6.45) is 1.89. The van der Waals surface area contributed by atoms with Crippen LogP contribution in [0.25, 0.3) is 0 Å². The van der Waals surface area contributed by atoms with Crippen molar-refractivity contribution in [3.05, 3.63) is 24.9 Å². The third-order valence-electron chi connectivity index (χ3n) is 3.59. The van der Waals surface area contributed by atoms with Gasteiger partial charge in [0.05, 0.1) is 0 Å². The highest BCUT2D eigenvalue weighted by Gasteiger charge is 2.60. The fraction of sp³-hybridized carbons (Fsp3) is 0.571. The van der Waals surface area contributed by atoms with E-state index >= 15 is 0 Å². The lowest BCUT2D eigenvalue weighted by Gasteiger charge is -2.51. The van der Waals surface area contributed by atoms with Crippen LogP contribution in [0.4, 0.5) is 0 Å². The number of ether oxygens (including phenoxy) is 2. The summed E-state index contributed by atoms with van der Waals surface area (Å²) >= 11 is 0. The van der Waals surface area contributed by atoms with Crippen LogP contribution in [0.3, 0.4) is 0 Å². The normalized spacial score (nSPS) is 32.0. The lowest BCUT2D eigenvalue weighted by atomic mass is 9.92. The van der Waals surface area contributed by atoms with Crippen LogP contribution < -0.4 is 0 Å². The average Bonchev–Trinajstić information content (AvgIpc) is 2.33. The number of hydrogen-bond acceptors (Lipinski definition) is 5. The zero-order chi connectivity index (χ0) is 15.6. The van der Waals surface area contributed by atoms with Gasteiger partial charge >= 0.3 is 11.9 Å². The molecule has 0 aromatic carbocycles. The molecule has 1 aliphatic heterocycles. The molecular weight excluding hydrogens is 276 g/mol. The lowest BCUT2D eigenvalue weighted by Crippen LogP contribution is -2.65. The van der Waals surface area contributed by atoms with Gasteiger partial charge in [-0.15, -0.1) is 6.58 Å². The molecule has 0 aromatic rings. The molecule has 1 aliphatic rings. The largest absolute Gasteiger partial charge is 0.419 e. The van der Waals surface area contributed by atoms with Gasteiger partial charge in [0.2, 0.25) is 8.32 Å². The SMILES string of the molecule is C=CC1(C)O[Si](C)(C=C)CCC1(OC(C)=O)OC(C)=O. The molecule has 6 heteroatoms. The van der Waals surface area contributed by atoms with Gasteiger partial charge in [0.1, 0.15) is 5.60 Å². The molecule has 0 radical (unpaired) electrons. The standard InChI is InChI=1S/C14H22O5Si/c1-7-13(5)14(17-11(3)15,18-12(4)16)9-10-20(6,8-2)19-13/h7-8H,1-2,9-10H2,3-6H3. The van der Waals surface area contributed by atoms with E-state index in [1.54, 1.807) is 6.92 Å². The minimum atomic E-state index is -2.15. The Bertz CT molecular complexity index is 431. The van der Waals surface area contributed by atoms with Crippen molar-refractivity contribution < 1.29 is 23.5 Å². The van der Waals surface area contributed by atoms with Crippen molar-refractivity contribution >= 4 is 20.3 Å². The molecule has 0 bridgehead atoms. The molecule has 1 heterocycles. The third kappa shape index (κ3) is 3.01. The van der Waals surface area contributed by atoms with Gasteiger partial charge in [0.15, 0.2) is 0 Å². The van der Waals surface area contributed by atoms with Crippen LogP contribution in [0, 0.1) is 0 Å². The third-order valence-corrected chi connectivity index (χ3v) is 6.59. The number of carbonyl (C=O) groups is 2. The summed E-state index contributed by atoms with van der Waals surface area (Å²) in [6, 6.07) is 0.639. The van der Waals surface area contributed by atoms with Gasteiger partial charge in [0, 0.05) is 20.3 Å². The molecule has 20 heavy (non-hydrogen) atoms. The molecular formula is C14H22O5Si. The first-order chi connectivity index (χ1) is 9.12. The Balaban J connectivity index is 3.27. The van der Waals surface area contributed by atoms with E-state index in [1.165, 1.54) is 19.9 Å². The maximum atomic E-state index is 11.4. The Morgan fingerprint density at radius 1 is 1.25 bits per heavy atom. The van der Waals surface area contributed by atoms with E-state index < -0.39 is 31.6 Å². The molecule has 2 atom stereocenters. The summed E-state index contributed by atoms with van der Waals surface area (Å²) < 4.78 is 16.8. The van der Waals surface area contributed by atoms with Crippen molar-refractivity contribution in [2.75, 3.05) is 0 Å². The predicted molar refractivity (Wildman–Crippen MR) is 77.2 cm³/mol. The van der Waals surface area contributed by atoms with Crippen molar-refractivity contribution in [3.63, 3.8) is 0 Å². The average molecular weight is 298 g/mol. The van der Waals surface area contributed by atoms with Crippen LogP contribution in [-0.4, -0.2) is 31.6 Å². The van der Waals surface area contributed by atoms with E-state index in [1.807, 2.05) is 12.2 Å². The maximum Gasteiger partial charge on any atom is 0.306 e. The second-order valence-corrected chi connectivity index (χ2v) is 9.11. The highest BCUT2D eigenvalue weighted by atomic mass is 28.4. The minimum Gasteiger partial charge on any atom is -0.419 e. The van der Waals surface area contributed by atoms with Crippen molar-refractivity contribution in [2.45, 2.75) is 51.2 Å². The van der Waals surface area contributed by atoms with E-state index in [9.17, 15) is 9.59 Å². The fourth-order valence-electron chi connectivity index (χ4n) is 2.40. The van der Waals surface area contributed by atoms with Gasteiger partial charge < -0.3 is 13.9 Å². The van der Waals surface area contributed by atoms with Gasteiger partial charge in [-0.2, -0.15) is 0 Å². The van der Waals surface area contributed by atoms with E-state index in [0.29, 0.717) is 12.5 Å². The fourth-order valence-corrected chi connectivity index (χ4v) is 4.83. The zero-order valence-corrected chi connectivity index (χ0v) is 13.5. The first-order valence-corrected chi connectivity index (χ1v) is 9.18. The second kappa shape index (κ2) is 5.53. The van der Waals surface area contributed by atoms with Crippen molar-refractivity contribution in [1.29, 1.82) is 0 Å². The minimum absolute atomic E-state index is 0.365. The Kier molecular flexibility index (Phi) is 4.61. The number of hydrogen-bond donors (Lipinski definition) is 0. The molecule has 0 aromatic heterocycles. The van der Waals surface area contributed by atoms with Crippen LogP contribution in [0.1, 0.15) is 27.2 Å². The molecule has 0 aliphatic carbocycles. The predicted octanol–water partition coefficient (Wildman–Crippen LogP) is 2.47. The molecule has 1 saturated heterocycles. The Labute approximate surface area is 120 Å². The molecule has 1 fully saturated rings. The molecule has 112 valence electrons. The molecule has 0 amide bonds. The van der Waals surface area contributed by atoms with Gasteiger partial charge in [-0.25, -0.2) is 0 Å². The molecule has 2 unspecified atom stereocenters. The summed E-state index contributed by atoms with van der Waals surface area (Å²) in [6.45, 7) is 13.8. The topological polar surface area (TPSA) is 61.8 Å². The number of esters is 2. The Hall–Kier alpha value is -1.40. The molecule has 5 nitrogen and oxygen atoms in total. The van der Waals surface area contributed by atoms with E-state index in [2.05, 4.69) is 13.2 Å². The maximum absolute atomic E-state index is 11.4. The van der Waals surface area contributed by atoms with E-state index in [4.69, 9.17) is 13.9 Å². The van der Waals surface area contributed by atoms with Crippen LogP contribution >= 0.6 is 0 Å². The van der Waals surface area contributed by atoms with Crippen LogP contribution in [-0.2, 0) is 23.5 Å². The molecule has 0 N–H and O–H groups in total. The number of carbonyl (C=O) groups excluding carboxylic acids is 2. The quantitative estimate of drug-likeness (QED) is 0.345. The van der Waals surface area contributed by atoms with Gasteiger partial charge in [-0.1, -0.05) is 18.4 Å². The van der Waals surface area contributed by atoms with Gasteiger partial charge in [0.25, 0.3) is 5.79 Å². The van der Waals surface area contributed by atoms with Crippen LogP contribution in [0.15, 0.2) is 24.9 Å². The summed E-state index contributed by atoms with van der Waals surface area (Å²) in [5, 5.41) is 0. The molecule has 0 saturated carbocycles. The van der Waals surface area contributed by atoms with Crippen LogP contribution in [0.2, 0.25) is 12.6 Å². The summed E-state index contributed by atoms with van der Waals surface area (Å²) in [5.74, 6) is -2.54. The summed E-state index contributed by atoms with van der Waals surface area (Å²) in [7, 11) is -2.15. The first kappa shape index (κ1) is 16.7. The monoisotopic (exact) mass is 298 g/mol. The smallest absolute Gasteiger partial charge is 0.306 e. The lowest BCUT2D eigenvalue weighted by molar-refractivity contribution is -0.279. The number of rotatable bonds is 4. The van der Waals surface area contributed by atoms with Gasteiger partial charge in [-0.05, 0) is 19.5 Å². The molecule has 0 spiro atoms. The van der Waals surface area contributed by atoms with E-state index in [-0.39, 0.29) is 0 Å². The second-order valence-electron chi connectivity index (χ2n) is 5.37. The van der Waals surface area contributed by atoms with Crippen molar-refractivity contribution in [1.82, 2.24) is 0 Å². The zero-order valence-electron chi connectivity index (χ0n) is 12.5. The molecule has 1 rings (SSSR count). The van der Waals surface area contributed by atoms with Crippen molar-refractivity contribution in [3.8, 4) is 0 Å². The summed E-state index contributed by atoms with van der Waals surface area (Å²) in [4.78, 5) is 22.8. The van der Waals surface area contributed by atoms with Gasteiger partial charge in [-0.3, -0.25) is 9.59 Å². The van der Waals surface area contributed by atoms with E-state index in [0.717, 1.165) is 0 Å².